The summed E-state index contributed by atoms with van der Waals surface area (Å²) in [4.78, 5) is 0. The van der Waals surface area contributed by atoms with E-state index in [9.17, 15) is 8.42 Å². The van der Waals surface area contributed by atoms with Crippen LogP contribution in [0.3, 0.4) is 0 Å². The fourth-order valence-corrected chi connectivity index (χ4v) is 1.83. The first-order valence-corrected chi connectivity index (χ1v) is 5.65. The van der Waals surface area contributed by atoms with Gasteiger partial charge < -0.3 is 5.73 Å². The predicted octanol–water partition coefficient (Wildman–Crippen LogP) is 0.535. The maximum atomic E-state index is 11.2. The second kappa shape index (κ2) is 4.30. The molecule has 0 atom stereocenters. The Hall–Kier alpha value is -1.27. The molecule has 0 bridgehead atoms. The fraction of sp³-hybridized carbons (Fsp3) is 0.250. The molecule has 0 spiro atoms. The number of nitrogens with two attached hydrogens (primary N) is 1. The van der Waals surface area contributed by atoms with E-state index < -0.39 is 10.2 Å². The predicted molar refractivity (Wildman–Crippen MR) is 57.1 cm³/mol. The van der Waals surface area contributed by atoms with Gasteiger partial charge in [-0.15, -0.1) is 0 Å². The maximum absolute atomic E-state index is 11.2. The summed E-state index contributed by atoms with van der Waals surface area (Å²) in [6, 6.07) is 6.46. The molecule has 78 valence electrons. The van der Waals surface area contributed by atoms with Gasteiger partial charge in [-0.05, 0) is 24.3 Å². The Labute approximate surface area is 83.5 Å². The van der Waals surface area contributed by atoms with E-state index in [0.717, 1.165) is 0 Å². The molecule has 4 N–H and O–H groups in total. The summed E-state index contributed by atoms with van der Waals surface area (Å²) < 4.78 is 27.1. The normalized spacial score (nSPS) is 11.2. The van der Waals surface area contributed by atoms with E-state index in [1.807, 2.05) is 0 Å². The number of benzene rings is 1. The van der Waals surface area contributed by atoms with Gasteiger partial charge in [0.2, 0.25) is 0 Å². The van der Waals surface area contributed by atoms with Crippen molar-refractivity contribution in [1.82, 2.24) is 4.72 Å². The molecule has 1 aromatic rings. The van der Waals surface area contributed by atoms with Gasteiger partial charge in [-0.3, -0.25) is 4.72 Å². The molecule has 0 amide bonds. The van der Waals surface area contributed by atoms with Crippen molar-refractivity contribution < 1.29 is 8.42 Å². The monoisotopic (exact) mass is 215 g/mol. The Morgan fingerprint density at radius 1 is 1.29 bits per heavy atom. The van der Waals surface area contributed by atoms with Crippen molar-refractivity contribution in [3.8, 4) is 0 Å². The van der Waals surface area contributed by atoms with E-state index in [4.69, 9.17) is 5.73 Å². The van der Waals surface area contributed by atoms with Crippen LogP contribution in [-0.4, -0.2) is 15.0 Å². The molecule has 0 aliphatic rings. The molecule has 0 saturated heterocycles. The molecule has 6 heteroatoms. The SMILES string of the molecule is CCNS(=O)(=O)Nc1ccc(N)cc1. The molecule has 0 aromatic heterocycles. The van der Waals surface area contributed by atoms with Crippen molar-refractivity contribution in [3.63, 3.8) is 0 Å². The van der Waals surface area contributed by atoms with Crippen molar-refractivity contribution in [2.75, 3.05) is 17.0 Å². The van der Waals surface area contributed by atoms with Gasteiger partial charge in [-0.2, -0.15) is 13.1 Å². The van der Waals surface area contributed by atoms with Crippen LogP contribution in [0.5, 0.6) is 0 Å². The van der Waals surface area contributed by atoms with Gasteiger partial charge in [-0.1, -0.05) is 6.92 Å². The lowest BCUT2D eigenvalue weighted by molar-refractivity contribution is 0.589. The molecule has 0 radical (unpaired) electrons. The summed E-state index contributed by atoms with van der Waals surface area (Å²) >= 11 is 0. The minimum atomic E-state index is -3.44. The molecule has 0 unspecified atom stereocenters. The molecular formula is C8H13N3O2S. The minimum Gasteiger partial charge on any atom is -0.399 e. The highest BCUT2D eigenvalue weighted by Crippen LogP contribution is 2.11. The number of anilines is 2. The van der Waals surface area contributed by atoms with Crippen molar-refractivity contribution >= 4 is 21.6 Å². The average Bonchev–Trinajstić information content (AvgIpc) is 2.08. The highest BCUT2D eigenvalue weighted by Gasteiger charge is 2.06. The van der Waals surface area contributed by atoms with Crippen LogP contribution >= 0.6 is 0 Å². The van der Waals surface area contributed by atoms with E-state index in [0.29, 0.717) is 17.9 Å². The lowest BCUT2D eigenvalue weighted by Gasteiger charge is -2.07. The van der Waals surface area contributed by atoms with Crippen molar-refractivity contribution in [2.24, 2.45) is 0 Å². The van der Waals surface area contributed by atoms with E-state index >= 15 is 0 Å². The van der Waals surface area contributed by atoms with Crippen LogP contribution in [0.25, 0.3) is 0 Å². The molecule has 0 heterocycles. The van der Waals surface area contributed by atoms with E-state index in [2.05, 4.69) is 9.44 Å². The number of hydrogen-bond acceptors (Lipinski definition) is 3. The van der Waals surface area contributed by atoms with Gasteiger partial charge in [0.05, 0.1) is 0 Å². The average molecular weight is 215 g/mol. The molecule has 0 aliphatic heterocycles. The molecular weight excluding hydrogens is 202 g/mol. The summed E-state index contributed by atoms with van der Waals surface area (Å²) in [5.74, 6) is 0. The zero-order valence-corrected chi connectivity index (χ0v) is 8.64. The second-order valence-electron chi connectivity index (χ2n) is 2.73. The minimum absolute atomic E-state index is 0.351. The summed E-state index contributed by atoms with van der Waals surface area (Å²) in [7, 11) is -3.44. The van der Waals surface area contributed by atoms with Crippen molar-refractivity contribution in [1.29, 1.82) is 0 Å². The first-order chi connectivity index (χ1) is 6.53. The Morgan fingerprint density at radius 2 is 1.86 bits per heavy atom. The third-order valence-corrected chi connectivity index (χ3v) is 2.67. The number of hydrogen-bond donors (Lipinski definition) is 3. The summed E-state index contributed by atoms with van der Waals surface area (Å²) in [6.45, 7) is 2.06. The quantitative estimate of drug-likeness (QED) is 0.641. The van der Waals surface area contributed by atoms with Crippen LogP contribution in [0, 0.1) is 0 Å². The zero-order valence-electron chi connectivity index (χ0n) is 7.82. The van der Waals surface area contributed by atoms with E-state index in [-0.39, 0.29) is 0 Å². The largest absolute Gasteiger partial charge is 0.399 e. The Kier molecular flexibility index (Phi) is 3.32. The van der Waals surface area contributed by atoms with Gasteiger partial charge in [0.1, 0.15) is 0 Å². The molecule has 0 aliphatic carbocycles. The molecule has 14 heavy (non-hydrogen) atoms. The van der Waals surface area contributed by atoms with E-state index in [1.54, 1.807) is 31.2 Å². The van der Waals surface area contributed by atoms with Gasteiger partial charge in [0, 0.05) is 17.9 Å². The van der Waals surface area contributed by atoms with Gasteiger partial charge in [0.15, 0.2) is 0 Å². The lowest BCUT2D eigenvalue weighted by atomic mass is 10.3. The van der Waals surface area contributed by atoms with Gasteiger partial charge >= 0.3 is 0 Å². The summed E-state index contributed by atoms with van der Waals surface area (Å²) in [5.41, 5.74) is 6.54. The van der Waals surface area contributed by atoms with Crippen LogP contribution in [0.2, 0.25) is 0 Å². The Morgan fingerprint density at radius 3 is 2.36 bits per heavy atom. The summed E-state index contributed by atoms with van der Waals surface area (Å²) in [6.07, 6.45) is 0. The molecule has 1 aromatic carbocycles. The van der Waals surface area contributed by atoms with Crippen LogP contribution in [0.1, 0.15) is 6.92 Å². The topological polar surface area (TPSA) is 84.2 Å². The number of nitrogen functional groups attached to an aromatic ring is 1. The highest BCUT2D eigenvalue weighted by molar-refractivity contribution is 7.90. The first-order valence-electron chi connectivity index (χ1n) is 4.16. The van der Waals surface area contributed by atoms with Crippen LogP contribution < -0.4 is 15.2 Å². The third kappa shape index (κ3) is 3.23. The molecule has 0 saturated carbocycles. The highest BCUT2D eigenvalue weighted by atomic mass is 32.2. The summed E-state index contributed by atoms with van der Waals surface area (Å²) in [5, 5.41) is 0. The zero-order chi connectivity index (χ0) is 10.6. The third-order valence-electron chi connectivity index (χ3n) is 1.50. The number of rotatable bonds is 4. The molecule has 1 rings (SSSR count). The first kappa shape index (κ1) is 10.8. The van der Waals surface area contributed by atoms with Crippen LogP contribution in [0.4, 0.5) is 11.4 Å². The second-order valence-corrected chi connectivity index (χ2v) is 4.23. The Bertz CT molecular complexity index is 386. The molecule has 5 nitrogen and oxygen atoms in total. The Balaban J connectivity index is 2.74. The van der Waals surface area contributed by atoms with Gasteiger partial charge in [-0.25, -0.2) is 0 Å². The smallest absolute Gasteiger partial charge is 0.299 e. The fourth-order valence-electron chi connectivity index (χ4n) is 0.932. The van der Waals surface area contributed by atoms with Crippen molar-refractivity contribution in [2.45, 2.75) is 6.92 Å². The van der Waals surface area contributed by atoms with Crippen molar-refractivity contribution in [3.05, 3.63) is 24.3 Å². The number of nitrogens with one attached hydrogen (secondary N) is 2. The standard InChI is InChI=1S/C8H13N3O2S/c1-2-10-14(12,13)11-8-5-3-7(9)4-6-8/h3-6,10-11H,2,9H2,1H3. The van der Waals surface area contributed by atoms with Gasteiger partial charge in [0.25, 0.3) is 10.2 Å². The van der Waals surface area contributed by atoms with Crippen LogP contribution in [-0.2, 0) is 10.2 Å². The van der Waals surface area contributed by atoms with E-state index in [1.165, 1.54) is 0 Å². The van der Waals surface area contributed by atoms with Crippen LogP contribution in [0.15, 0.2) is 24.3 Å². The lowest BCUT2D eigenvalue weighted by Crippen LogP contribution is -2.29. The maximum Gasteiger partial charge on any atom is 0.299 e. The molecule has 0 fully saturated rings.